The molecule has 1 aromatic heterocycles. The Bertz CT molecular complexity index is 753. The van der Waals surface area contributed by atoms with E-state index in [9.17, 15) is 4.39 Å². The molecule has 0 saturated heterocycles. The topological polar surface area (TPSA) is 38.9 Å². The standard InChI is InChI=1S/C15H10BrFN2S/c16-13-7-10(17)3-6-12(13)14-8-20-15(19-14)9-1-4-11(18)5-2-9/h1-8H,18H2. The third-order valence-corrected chi connectivity index (χ3v) is 4.42. The Hall–Kier alpha value is -1.72. The third-order valence-electron chi connectivity index (χ3n) is 2.87. The van der Waals surface area contributed by atoms with Crippen molar-refractivity contribution >= 4 is 33.0 Å². The van der Waals surface area contributed by atoms with E-state index in [-0.39, 0.29) is 5.82 Å². The third kappa shape index (κ3) is 2.59. The molecule has 2 aromatic carbocycles. The summed E-state index contributed by atoms with van der Waals surface area (Å²) in [7, 11) is 0. The van der Waals surface area contributed by atoms with Crippen LogP contribution in [0.3, 0.4) is 0 Å². The maximum absolute atomic E-state index is 13.1. The van der Waals surface area contributed by atoms with Crippen molar-refractivity contribution in [3.63, 3.8) is 0 Å². The van der Waals surface area contributed by atoms with E-state index in [1.807, 2.05) is 29.6 Å². The lowest BCUT2D eigenvalue weighted by Gasteiger charge is -2.01. The quantitative estimate of drug-likeness (QED) is 0.664. The zero-order valence-corrected chi connectivity index (χ0v) is 12.7. The number of nitrogens with two attached hydrogens (primary N) is 1. The fraction of sp³-hybridized carbons (Fsp3) is 0. The molecule has 20 heavy (non-hydrogen) atoms. The molecular formula is C15H10BrFN2S. The molecule has 0 amide bonds. The maximum Gasteiger partial charge on any atom is 0.124 e. The van der Waals surface area contributed by atoms with Gasteiger partial charge in [-0.2, -0.15) is 0 Å². The van der Waals surface area contributed by atoms with Crippen LogP contribution in [0.15, 0.2) is 52.3 Å². The molecule has 2 N–H and O–H groups in total. The molecule has 0 aliphatic rings. The molecule has 0 aliphatic heterocycles. The van der Waals surface area contributed by atoms with Crippen LogP contribution in [0.5, 0.6) is 0 Å². The van der Waals surface area contributed by atoms with Gasteiger partial charge < -0.3 is 5.73 Å². The first-order chi connectivity index (χ1) is 9.63. The molecule has 0 bridgehead atoms. The Morgan fingerprint density at radius 2 is 1.85 bits per heavy atom. The Morgan fingerprint density at radius 3 is 2.55 bits per heavy atom. The van der Waals surface area contributed by atoms with Crippen molar-refractivity contribution < 1.29 is 4.39 Å². The summed E-state index contributed by atoms with van der Waals surface area (Å²) in [5.41, 5.74) is 9.13. The van der Waals surface area contributed by atoms with Gasteiger partial charge in [0.1, 0.15) is 10.8 Å². The molecule has 100 valence electrons. The van der Waals surface area contributed by atoms with Gasteiger partial charge in [0.2, 0.25) is 0 Å². The minimum absolute atomic E-state index is 0.269. The summed E-state index contributed by atoms with van der Waals surface area (Å²) < 4.78 is 13.8. The first kappa shape index (κ1) is 13.3. The van der Waals surface area contributed by atoms with Crippen LogP contribution < -0.4 is 5.73 Å². The number of nitrogen functional groups attached to an aromatic ring is 1. The molecule has 0 spiro atoms. The van der Waals surface area contributed by atoms with E-state index in [4.69, 9.17) is 5.73 Å². The van der Waals surface area contributed by atoms with E-state index in [0.717, 1.165) is 27.5 Å². The Labute approximate surface area is 128 Å². The molecule has 0 atom stereocenters. The van der Waals surface area contributed by atoms with Crippen LogP contribution >= 0.6 is 27.3 Å². The predicted molar refractivity (Wildman–Crippen MR) is 85.1 cm³/mol. The monoisotopic (exact) mass is 348 g/mol. The minimum atomic E-state index is -0.269. The number of rotatable bonds is 2. The Kier molecular flexibility index (Phi) is 3.54. The largest absolute Gasteiger partial charge is 0.399 e. The summed E-state index contributed by atoms with van der Waals surface area (Å²) in [5, 5.41) is 2.88. The summed E-state index contributed by atoms with van der Waals surface area (Å²) in [6, 6.07) is 12.2. The van der Waals surface area contributed by atoms with Gasteiger partial charge in [-0.05, 0) is 58.4 Å². The molecule has 3 aromatic rings. The van der Waals surface area contributed by atoms with Gasteiger partial charge in [-0.25, -0.2) is 9.37 Å². The van der Waals surface area contributed by atoms with Crippen LogP contribution in [-0.4, -0.2) is 4.98 Å². The van der Waals surface area contributed by atoms with Crippen molar-refractivity contribution in [1.29, 1.82) is 0 Å². The van der Waals surface area contributed by atoms with E-state index >= 15 is 0 Å². The second-order valence-electron chi connectivity index (χ2n) is 4.28. The number of anilines is 1. The summed E-state index contributed by atoms with van der Waals surface area (Å²) in [6.07, 6.45) is 0. The number of nitrogens with zero attached hydrogens (tertiary/aromatic N) is 1. The van der Waals surface area contributed by atoms with E-state index < -0.39 is 0 Å². The number of hydrogen-bond acceptors (Lipinski definition) is 3. The Balaban J connectivity index is 1.99. The number of benzene rings is 2. The van der Waals surface area contributed by atoms with Gasteiger partial charge in [0.15, 0.2) is 0 Å². The highest BCUT2D eigenvalue weighted by Gasteiger charge is 2.10. The number of halogens is 2. The van der Waals surface area contributed by atoms with Gasteiger partial charge in [0.25, 0.3) is 0 Å². The number of hydrogen-bond donors (Lipinski definition) is 1. The van der Waals surface area contributed by atoms with E-state index in [1.165, 1.54) is 12.1 Å². The molecule has 1 heterocycles. The normalized spacial score (nSPS) is 10.7. The minimum Gasteiger partial charge on any atom is -0.399 e. The summed E-state index contributed by atoms with van der Waals surface area (Å²) in [6.45, 7) is 0. The molecule has 0 unspecified atom stereocenters. The number of aromatic nitrogens is 1. The summed E-state index contributed by atoms with van der Waals surface area (Å²) in [4.78, 5) is 4.60. The van der Waals surface area contributed by atoms with Gasteiger partial charge in [-0.1, -0.05) is 0 Å². The van der Waals surface area contributed by atoms with Crippen molar-refractivity contribution in [2.75, 3.05) is 5.73 Å². The Morgan fingerprint density at radius 1 is 1.10 bits per heavy atom. The zero-order chi connectivity index (χ0) is 14.1. The lowest BCUT2D eigenvalue weighted by atomic mass is 10.1. The predicted octanol–water partition coefficient (Wildman–Crippen LogP) is 4.96. The van der Waals surface area contributed by atoms with Crippen LogP contribution in [-0.2, 0) is 0 Å². The van der Waals surface area contributed by atoms with Crippen LogP contribution in [0.25, 0.3) is 21.8 Å². The molecule has 0 radical (unpaired) electrons. The lowest BCUT2D eigenvalue weighted by Crippen LogP contribution is -1.85. The maximum atomic E-state index is 13.1. The summed E-state index contributed by atoms with van der Waals surface area (Å²) >= 11 is 4.92. The smallest absolute Gasteiger partial charge is 0.124 e. The van der Waals surface area contributed by atoms with Gasteiger partial charge in [-0.3, -0.25) is 0 Å². The van der Waals surface area contributed by atoms with E-state index in [0.29, 0.717) is 4.47 Å². The highest BCUT2D eigenvalue weighted by molar-refractivity contribution is 9.10. The van der Waals surface area contributed by atoms with Crippen molar-refractivity contribution in [3.8, 4) is 21.8 Å². The average Bonchev–Trinajstić information content (AvgIpc) is 2.89. The van der Waals surface area contributed by atoms with Crippen LogP contribution in [0.2, 0.25) is 0 Å². The summed E-state index contributed by atoms with van der Waals surface area (Å²) in [5.74, 6) is -0.269. The zero-order valence-electron chi connectivity index (χ0n) is 10.3. The molecule has 3 rings (SSSR count). The molecular weight excluding hydrogens is 339 g/mol. The molecule has 5 heteroatoms. The first-order valence-electron chi connectivity index (χ1n) is 5.90. The van der Waals surface area contributed by atoms with Crippen LogP contribution in [0.4, 0.5) is 10.1 Å². The van der Waals surface area contributed by atoms with Crippen molar-refractivity contribution in [2.24, 2.45) is 0 Å². The van der Waals surface area contributed by atoms with Gasteiger partial charge in [-0.15, -0.1) is 11.3 Å². The second kappa shape index (κ2) is 5.34. The van der Waals surface area contributed by atoms with Crippen LogP contribution in [0.1, 0.15) is 0 Å². The first-order valence-corrected chi connectivity index (χ1v) is 7.57. The van der Waals surface area contributed by atoms with Crippen molar-refractivity contribution in [1.82, 2.24) is 4.98 Å². The van der Waals surface area contributed by atoms with E-state index in [2.05, 4.69) is 20.9 Å². The second-order valence-corrected chi connectivity index (χ2v) is 6.00. The highest BCUT2D eigenvalue weighted by atomic mass is 79.9. The average molecular weight is 349 g/mol. The molecule has 0 fully saturated rings. The fourth-order valence-corrected chi connectivity index (χ4v) is 3.23. The fourth-order valence-electron chi connectivity index (χ4n) is 1.85. The van der Waals surface area contributed by atoms with Crippen LogP contribution in [0, 0.1) is 5.82 Å². The van der Waals surface area contributed by atoms with Gasteiger partial charge >= 0.3 is 0 Å². The van der Waals surface area contributed by atoms with E-state index in [1.54, 1.807) is 17.4 Å². The molecule has 2 nitrogen and oxygen atoms in total. The SMILES string of the molecule is Nc1ccc(-c2nc(-c3ccc(F)cc3Br)cs2)cc1. The highest BCUT2D eigenvalue weighted by Crippen LogP contribution is 2.33. The number of thiazole rings is 1. The molecule has 0 saturated carbocycles. The van der Waals surface area contributed by atoms with Gasteiger partial charge in [0.05, 0.1) is 5.69 Å². The van der Waals surface area contributed by atoms with Crippen molar-refractivity contribution in [3.05, 3.63) is 58.1 Å². The molecule has 0 aliphatic carbocycles. The lowest BCUT2D eigenvalue weighted by molar-refractivity contribution is 0.627. The van der Waals surface area contributed by atoms with Gasteiger partial charge in [0, 0.05) is 26.7 Å². The van der Waals surface area contributed by atoms with Crippen molar-refractivity contribution in [2.45, 2.75) is 0 Å².